The van der Waals surface area contributed by atoms with Gasteiger partial charge in [0.15, 0.2) is 5.13 Å². The van der Waals surface area contributed by atoms with E-state index < -0.39 is 22.7 Å². The number of Topliss-reactive ketones (excluding diaryl/α,β-unsaturated/α-hetero) is 1. The van der Waals surface area contributed by atoms with E-state index in [2.05, 4.69) is 4.98 Å². The van der Waals surface area contributed by atoms with Crippen molar-refractivity contribution in [2.75, 3.05) is 12.0 Å². The second-order valence-electron chi connectivity index (χ2n) is 8.67. The van der Waals surface area contributed by atoms with Crippen molar-refractivity contribution in [2.45, 2.75) is 19.9 Å². The molecule has 1 unspecified atom stereocenters. The average Bonchev–Trinajstić information content (AvgIpc) is 3.41. The molecule has 10 heteroatoms. The quantitative estimate of drug-likeness (QED) is 0.123. The third-order valence-electron chi connectivity index (χ3n) is 6.25. The monoisotopic (exact) mass is 515 g/mol. The van der Waals surface area contributed by atoms with Crippen LogP contribution in [0, 0.1) is 24.0 Å². The number of benzene rings is 3. The maximum absolute atomic E-state index is 13.4. The highest BCUT2D eigenvalue weighted by Gasteiger charge is 2.48. The number of nitrogens with zero attached hydrogens (tertiary/aromatic N) is 3. The SMILES string of the molecule is COc1ccc(C(O)=C2C(=O)C(=O)N(c3nc4ccc(C)cc4s3)C2c2cccc([N+](=O)[O-])c2)cc1C. The van der Waals surface area contributed by atoms with Gasteiger partial charge in [-0.15, -0.1) is 0 Å². The highest BCUT2D eigenvalue weighted by Crippen LogP contribution is 2.45. The van der Waals surface area contributed by atoms with Gasteiger partial charge in [0.25, 0.3) is 11.5 Å². The number of ether oxygens (including phenoxy) is 1. The summed E-state index contributed by atoms with van der Waals surface area (Å²) in [5, 5.41) is 23.1. The minimum Gasteiger partial charge on any atom is -0.507 e. The average molecular weight is 516 g/mol. The van der Waals surface area contributed by atoms with E-state index in [0.717, 1.165) is 10.3 Å². The Morgan fingerprint density at radius 2 is 1.89 bits per heavy atom. The van der Waals surface area contributed by atoms with Crippen LogP contribution in [0.2, 0.25) is 0 Å². The third kappa shape index (κ3) is 4.11. The maximum Gasteiger partial charge on any atom is 0.301 e. The zero-order chi connectivity index (χ0) is 26.4. The number of nitro benzene ring substituents is 1. The molecule has 4 aromatic rings. The van der Waals surface area contributed by atoms with Crippen molar-refractivity contribution >= 4 is 49.8 Å². The van der Waals surface area contributed by atoms with Gasteiger partial charge in [-0.05, 0) is 60.9 Å². The minimum absolute atomic E-state index is 0.175. The van der Waals surface area contributed by atoms with Crippen LogP contribution in [0.15, 0.2) is 66.2 Å². The van der Waals surface area contributed by atoms with E-state index in [1.165, 1.54) is 41.5 Å². The highest BCUT2D eigenvalue weighted by atomic mass is 32.1. The summed E-state index contributed by atoms with van der Waals surface area (Å²) in [6.07, 6.45) is 0. The lowest BCUT2D eigenvalue weighted by Gasteiger charge is -2.23. The minimum atomic E-state index is -1.12. The van der Waals surface area contributed by atoms with Crippen molar-refractivity contribution in [1.29, 1.82) is 0 Å². The number of rotatable bonds is 5. The Morgan fingerprint density at radius 3 is 2.59 bits per heavy atom. The number of hydrogen-bond donors (Lipinski definition) is 1. The van der Waals surface area contributed by atoms with Crippen LogP contribution in [0.3, 0.4) is 0 Å². The predicted molar refractivity (Wildman–Crippen MR) is 140 cm³/mol. The largest absolute Gasteiger partial charge is 0.507 e. The number of anilines is 1. The molecular formula is C27H21N3O6S. The number of aliphatic hydroxyl groups excluding tert-OH is 1. The van der Waals surface area contributed by atoms with Gasteiger partial charge < -0.3 is 9.84 Å². The van der Waals surface area contributed by atoms with Gasteiger partial charge in [-0.1, -0.05) is 29.5 Å². The second kappa shape index (κ2) is 9.14. The maximum atomic E-state index is 13.4. The molecule has 0 aliphatic carbocycles. The lowest BCUT2D eigenvalue weighted by atomic mass is 9.94. The van der Waals surface area contributed by atoms with E-state index >= 15 is 0 Å². The van der Waals surface area contributed by atoms with E-state index in [1.54, 1.807) is 31.2 Å². The molecule has 1 saturated heterocycles. The van der Waals surface area contributed by atoms with Gasteiger partial charge in [-0.3, -0.25) is 24.6 Å². The molecule has 2 heterocycles. The molecule has 0 bridgehead atoms. The van der Waals surface area contributed by atoms with Gasteiger partial charge >= 0.3 is 5.91 Å². The fourth-order valence-electron chi connectivity index (χ4n) is 4.46. The van der Waals surface area contributed by atoms with Crippen molar-refractivity contribution in [2.24, 2.45) is 0 Å². The first-order chi connectivity index (χ1) is 17.7. The highest BCUT2D eigenvalue weighted by molar-refractivity contribution is 7.22. The number of aromatic nitrogens is 1. The number of amides is 1. The number of carbonyl (C=O) groups excluding carboxylic acids is 2. The fraction of sp³-hybridized carbons (Fsp3) is 0.148. The van der Waals surface area contributed by atoms with Crippen molar-refractivity contribution in [3.63, 3.8) is 0 Å². The molecule has 0 radical (unpaired) electrons. The van der Waals surface area contributed by atoms with Crippen LogP contribution in [0.1, 0.15) is 28.3 Å². The van der Waals surface area contributed by atoms with E-state index in [4.69, 9.17) is 4.74 Å². The fourth-order valence-corrected chi connectivity index (χ4v) is 5.55. The van der Waals surface area contributed by atoms with Crippen LogP contribution in [0.25, 0.3) is 16.0 Å². The van der Waals surface area contributed by atoms with E-state index in [-0.39, 0.29) is 22.2 Å². The Balaban J connectivity index is 1.75. The number of hydrogen-bond acceptors (Lipinski definition) is 8. The number of aryl methyl sites for hydroxylation is 2. The molecule has 1 fully saturated rings. The van der Waals surface area contributed by atoms with Gasteiger partial charge in [0.1, 0.15) is 11.5 Å². The number of thiazole rings is 1. The van der Waals surface area contributed by atoms with Crippen LogP contribution in [0.5, 0.6) is 5.75 Å². The summed E-state index contributed by atoms with van der Waals surface area (Å²) in [6, 6.07) is 15.1. The molecule has 5 rings (SSSR count). The van der Waals surface area contributed by atoms with Gasteiger partial charge in [-0.2, -0.15) is 0 Å². The molecule has 3 aromatic carbocycles. The van der Waals surface area contributed by atoms with Crippen molar-refractivity contribution in [1.82, 2.24) is 4.98 Å². The molecule has 1 N–H and O–H groups in total. The number of non-ortho nitro benzene ring substituents is 1. The van der Waals surface area contributed by atoms with Crippen molar-refractivity contribution < 1.29 is 24.4 Å². The molecule has 9 nitrogen and oxygen atoms in total. The summed E-state index contributed by atoms with van der Waals surface area (Å²) < 4.78 is 6.10. The Kier molecular flexibility index (Phi) is 5.96. The zero-order valence-electron chi connectivity index (χ0n) is 20.1. The number of ketones is 1. The normalized spacial score (nSPS) is 16.9. The summed E-state index contributed by atoms with van der Waals surface area (Å²) in [5.74, 6) is -1.57. The first-order valence-electron chi connectivity index (χ1n) is 11.3. The molecule has 1 amide bonds. The Morgan fingerprint density at radius 1 is 1.11 bits per heavy atom. The van der Waals surface area contributed by atoms with E-state index in [1.807, 2.05) is 25.1 Å². The summed E-state index contributed by atoms with van der Waals surface area (Å²) >= 11 is 1.23. The molecule has 1 aliphatic rings. The van der Waals surface area contributed by atoms with Crippen LogP contribution < -0.4 is 9.64 Å². The van der Waals surface area contributed by atoms with Gasteiger partial charge in [0, 0.05) is 17.7 Å². The topological polar surface area (TPSA) is 123 Å². The predicted octanol–water partition coefficient (Wildman–Crippen LogP) is 5.46. The second-order valence-corrected chi connectivity index (χ2v) is 9.68. The molecule has 1 aromatic heterocycles. The number of nitro groups is 1. The van der Waals surface area contributed by atoms with Crippen LogP contribution in [0.4, 0.5) is 10.8 Å². The lowest BCUT2D eigenvalue weighted by molar-refractivity contribution is -0.384. The molecular weight excluding hydrogens is 494 g/mol. The Labute approximate surface area is 215 Å². The number of aliphatic hydroxyl groups is 1. The molecule has 0 saturated carbocycles. The lowest BCUT2D eigenvalue weighted by Crippen LogP contribution is -2.29. The molecule has 0 spiro atoms. The molecule has 37 heavy (non-hydrogen) atoms. The van der Waals surface area contributed by atoms with Crippen LogP contribution >= 0.6 is 11.3 Å². The summed E-state index contributed by atoms with van der Waals surface area (Å²) in [6.45, 7) is 3.72. The zero-order valence-corrected chi connectivity index (χ0v) is 20.9. The first-order valence-corrected chi connectivity index (χ1v) is 12.1. The van der Waals surface area contributed by atoms with Crippen LogP contribution in [-0.4, -0.2) is 33.8 Å². The third-order valence-corrected chi connectivity index (χ3v) is 7.27. The van der Waals surface area contributed by atoms with E-state index in [9.17, 15) is 24.8 Å². The van der Waals surface area contributed by atoms with Crippen molar-refractivity contribution in [3.8, 4) is 5.75 Å². The number of methoxy groups -OCH3 is 1. The summed E-state index contributed by atoms with van der Waals surface area (Å²) in [7, 11) is 1.52. The molecule has 186 valence electrons. The summed E-state index contributed by atoms with van der Waals surface area (Å²) in [4.78, 5) is 43.5. The van der Waals surface area contributed by atoms with Crippen molar-refractivity contribution in [3.05, 3.63) is 98.6 Å². The Hall–Kier alpha value is -4.57. The van der Waals surface area contributed by atoms with Gasteiger partial charge in [0.2, 0.25) is 0 Å². The van der Waals surface area contributed by atoms with Crippen LogP contribution in [-0.2, 0) is 9.59 Å². The summed E-state index contributed by atoms with van der Waals surface area (Å²) in [5.41, 5.74) is 2.61. The number of fused-ring (bicyclic) bond motifs is 1. The van der Waals surface area contributed by atoms with Gasteiger partial charge in [-0.25, -0.2) is 4.98 Å². The Bertz CT molecular complexity index is 1640. The van der Waals surface area contributed by atoms with Gasteiger partial charge in [0.05, 0.1) is 33.9 Å². The standard InChI is InChI=1S/C27H21N3O6S/c1-14-7-9-19-21(11-14)37-27(28-19)29-23(16-5-4-6-18(13-16)30(34)35)22(25(32)26(29)33)24(31)17-8-10-20(36-3)15(2)12-17/h4-13,23,31H,1-3H3. The first kappa shape index (κ1) is 24.1. The van der Waals surface area contributed by atoms with E-state index in [0.29, 0.717) is 28.0 Å². The number of carbonyl (C=O) groups is 2. The molecule has 1 aliphatic heterocycles. The molecule has 1 atom stereocenters. The smallest absolute Gasteiger partial charge is 0.301 e.